The number of benzene rings is 3. The predicted molar refractivity (Wildman–Crippen MR) is 104 cm³/mol. The molecule has 0 radical (unpaired) electrons. The monoisotopic (exact) mass is 326 g/mol. The molecule has 0 heterocycles. The van der Waals surface area contributed by atoms with Crippen LogP contribution in [0, 0.1) is 5.92 Å². The van der Waals surface area contributed by atoms with Crippen LogP contribution in [0.3, 0.4) is 0 Å². The molecule has 1 atom stereocenters. The lowest BCUT2D eigenvalue weighted by Crippen LogP contribution is -2.31. The van der Waals surface area contributed by atoms with Crippen molar-refractivity contribution in [1.29, 1.82) is 0 Å². The number of aliphatic hydroxyl groups is 1. The van der Waals surface area contributed by atoms with Gasteiger partial charge in [0.1, 0.15) is 5.60 Å². The molecule has 3 aromatic rings. The molecule has 3 aromatic carbocycles. The Bertz CT molecular complexity index is 923. The van der Waals surface area contributed by atoms with Crippen molar-refractivity contribution in [3.63, 3.8) is 0 Å². The lowest BCUT2D eigenvalue weighted by atomic mass is 9.77. The van der Waals surface area contributed by atoms with Gasteiger partial charge in [-0.2, -0.15) is 0 Å². The number of hydrogen-bond donors (Lipinski definition) is 1. The van der Waals surface area contributed by atoms with E-state index in [9.17, 15) is 5.11 Å². The summed E-state index contributed by atoms with van der Waals surface area (Å²) >= 11 is 0. The standard InChI is InChI=1S/C24H22O/c1-17(2)24(25)21-16-10-9-15-20(21)22(18-11-5-3-6-12-18)23(24)19-13-7-4-8-14-19/h3-17,25H,1-2H3. The molecule has 0 amide bonds. The summed E-state index contributed by atoms with van der Waals surface area (Å²) < 4.78 is 0. The van der Waals surface area contributed by atoms with Gasteiger partial charge in [-0.1, -0.05) is 98.8 Å². The molecule has 1 nitrogen and oxygen atoms in total. The van der Waals surface area contributed by atoms with Gasteiger partial charge in [-0.3, -0.25) is 0 Å². The average Bonchev–Trinajstić information content (AvgIpc) is 2.94. The number of rotatable bonds is 3. The van der Waals surface area contributed by atoms with Crippen LogP contribution in [0.25, 0.3) is 11.1 Å². The molecule has 1 unspecified atom stereocenters. The van der Waals surface area contributed by atoms with Crippen LogP contribution in [0.15, 0.2) is 84.9 Å². The van der Waals surface area contributed by atoms with E-state index in [2.05, 4.69) is 68.4 Å². The smallest absolute Gasteiger partial charge is 0.119 e. The van der Waals surface area contributed by atoms with Crippen LogP contribution in [-0.4, -0.2) is 5.11 Å². The molecule has 0 aromatic heterocycles. The van der Waals surface area contributed by atoms with Crippen molar-refractivity contribution < 1.29 is 5.11 Å². The van der Waals surface area contributed by atoms with Gasteiger partial charge in [0.2, 0.25) is 0 Å². The zero-order valence-electron chi connectivity index (χ0n) is 14.6. The highest BCUT2D eigenvalue weighted by Gasteiger charge is 2.46. The maximum absolute atomic E-state index is 11.9. The second-order valence-corrected chi connectivity index (χ2v) is 6.95. The van der Waals surface area contributed by atoms with Gasteiger partial charge in [0.25, 0.3) is 0 Å². The van der Waals surface area contributed by atoms with Crippen LogP contribution < -0.4 is 0 Å². The summed E-state index contributed by atoms with van der Waals surface area (Å²) in [5.74, 6) is 0.0602. The Morgan fingerprint density at radius 2 is 1.20 bits per heavy atom. The van der Waals surface area contributed by atoms with E-state index in [1.165, 1.54) is 0 Å². The highest BCUT2D eigenvalue weighted by Crippen LogP contribution is 2.54. The van der Waals surface area contributed by atoms with E-state index in [4.69, 9.17) is 0 Å². The lowest BCUT2D eigenvalue weighted by molar-refractivity contribution is 0.0535. The van der Waals surface area contributed by atoms with Gasteiger partial charge in [0.05, 0.1) is 0 Å². The SMILES string of the molecule is CC(C)C1(O)C(c2ccccc2)=C(c2ccccc2)c2ccccc21. The maximum atomic E-state index is 11.9. The van der Waals surface area contributed by atoms with Crippen molar-refractivity contribution >= 4 is 11.1 Å². The van der Waals surface area contributed by atoms with Crippen LogP contribution >= 0.6 is 0 Å². The Morgan fingerprint density at radius 3 is 1.80 bits per heavy atom. The third-order valence-corrected chi connectivity index (χ3v) is 5.20. The van der Waals surface area contributed by atoms with Crippen molar-refractivity contribution in [3.8, 4) is 0 Å². The molecule has 1 N–H and O–H groups in total. The second-order valence-electron chi connectivity index (χ2n) is 6.95. The molecule has 4 rings (SSSR count). The molecule has 0 saturated heterocycles. The zero-order valence-corrected chi connectivity index (χ0v) is 14.6. The molecule has 0 saturated carbocycles. The third-order valence-electron chi connectivity index (χ3n) is 5.20. The fourth-order valence-electron chi connectivity index (χ4n) is 3.97. The van der Waals surface area contributed by atoms with Crippen molar-refractivity contribution in [1.82, 2.24) is 0 Å². The van der Waals surface area contributed by atoms with Crippen molar-refractivity contribution in [2.45, 2.75) is 19.4 Å². The van der Waals surface area contributed by atoms with E-state index in [1.54, 1.807) is 0 Å². The van der Waals surface area contributed by atoms with Crippen LogP contribution in [-0.2, 0) is 5.60 Å². The van der Waals surface area contributed by atoms with Gasteiger partial charge in [-0.15, -0.1) is 0 Å². The van der Waals surface area contributed by atoms with Crippen molar-refractivity contribution in [3.05, 3.63) is 107 Å². The highest BCUT2D eigenvalue weighted by atomic mass is 16.3. The normalized spacial score (nSPS) is 19.4. The number of hydrogen-bond acceptors (Lipinski definition) is 1. The molecule has 1 aliphatic rings. The van der Waals surface area contributed by atoms with Crippen LogP contribution in [0.4, 0.5) is 0 Å². The Morgan fingerprint density at radius 1 is 0.680 bits per heavy atom. The lowest BCUT2D eigenvalue weighted by Gasteiger charge is -2.32. The largest absolute Gasteiger partial charge is 0.380 e. The summed E-state index contributed by atoms with van der Waals surface area (Å²) in [7, 11) is 0. The maximum Gasteiger partial charge on any atom is 0.119 e. The molecule has 1 heteroatoms. The first-order valence-corrected chi connectivity index (χ1v) is 8.82. The minimum Gasteiger partial charge on any atom is -0.380 e. The van der Waals surface area contributed by atoms with Crippen molar-refractivity contribution in [2.24, 2.45) is 5.92 Å². The van der Waals surface area contributed by atoms with E-state index in [0.717, 1.165) is 33.4 Å². The molecular formula is C24H22O. The van der Waals surface area contributed by atoms with E-state index >= 15 is 0 Å². The van der Waals surface area contributed by atoms with Gasteiger partial charge < -0.3 is 5.11 Å². The first-order valence-electron chi connectivity index (χ1n) is 8.82. The quantitative estimate of drug-likeness (QED) is 0.673. The van der Waals surface area contributed by atoms with Gasteiger partial charge in [0.15, 0.2) is 0 Å². The van der Waals surface area contributed by atoms with Crippen molar-refractivity contribution in [2.75, 3.05) is 0 Å². The molecule has 0 spiro atoms. The fraction of sp³-hybridized carbons (Fsp3) is 0.167. The van der Waals surface area contributed by atoms with E-state index < -0.39 is 5.60 Å². The summed E-state index contributed by atoms with van der Waals surface area (Å²) in [5.41, 5.74) is 5.50. The fourth-order valence-corrected chi connectivity index (χ4v) is 3.97. The predicted octanol–water partition coefficient (Wildman–Crippen LogP) is 5.50. The Kier molecular flexibility index (Phi) is 3.82. The minimum atomic E-state index is -0.997. The first-order chi connectivity index (χ1) is 12.1. The van der Waals surface area contributed by atoms with Crippen LogP contribution in [0.2, 0.25) is 0 Å². The van der Waals surface area contributed by atoms with Crippen LogP contribution in [0.5, 0.6) is 0 Å². The molecule has 124 valence electrons. The first kappa shape index (κ1) is 15.9. The van der Waals surface area contributed by atoms with Gasteiger partial charge in [-0.05, 0) is 33.7 Å². The minimum absolute atomic E-state index is 0.0602. The summed E-state index contributed by atoms with van der Waals surface area (Å²) in [4.78, 5) is 0. The van der Waals surface area contributed by atoms with Gasteiger partial charge >= 0.3 is 0 Å². The zero-order chi connectivity index (χ0) is 17.4. The molecular weight excluding hydrogens is 304 g/mol. The number of fused-ring (bicyclic) bond motifs is 1. The summed E-state index contributed by atoms with van der Waals surface area (Å²) in [6.07, 6.45) is 0. The molecule has 25 heavy (non-hydrogen) atoms. The highest BCUT2D eigenvalue weighted by molar-refractivity contribution is 6.06. The summed E-state index contributed by atoms with van der Waals surface area (Å²) in [6, 6.07) is 28.9. The average molecular weight is 326 g/mol. The van der Waals surface area contributed by atoms with Gasteiger partial charge in [-0.25, -0.2) is 0 Å². The molecule has 0 bridgehead atoms. The summed E-state index contributed by atoms with van der Waals surface area (Å²) in [5, 5.41) is 11.9. The molecule has 0 fully saturated rings. The van der Waals surface area contributed by atoms with Gasteiger partial charge in [0, 0.05) is 5.57 Å². The Balaban J connectivity index is 2.12. The van der Waals surface area contributed by atoms with E-state index in [0.29, 0.717) is 0 Å². The second kappa shape index (κ2) is 6.02. The summed E-state index contributed by atoms with van der Waals surface area (Å²) in [6.45, 7) is 4.18. The van der Waals surface area contributed by atoms with E-state index in [1.807, 2.05) is 30.3 Å². The topological polar surface area (TPSA) is 20.2 Å². The molecule has 0 aliphatic heterocycles. The Labute approximate surface area is 149 Å². The Hall–Kier alpha value is -2.64. The van der Waals surface area contributed by atoms with E-state index in [-0.39, 0.29) is 5.92 Å². The van der Waals surface area contributed by atoms with Crippen LogP contribution in [0.1, 0.15) is 36.1 Å². The molecule has 1 aliphatic carbocycles. The third kappa shape index (κ3) is 2.35.